The molecule has 0 bridgehead atoms. The Bertz CT molecular complexity index is 307. The third-order valence-electron chi connectivity index (χ3n) is 1.95. The molecule has 0 heterocycles. The van der Waals surface area contributed by atoms with Crippen LogP contribution in [0.4, 0.5) is 0 Å². The van der Waals surface area contributed by atoms with Crippen molar-refractivity contribution >= 4 is 5.97 Å². The van der Waals surface area contributed by atoms with E-state index in [1.54, 1.807) is 31.2 Å². The number of hydrogen-bond acceptors (Lipinski definition) is 2. The van der Waals surface area contributed by atoms with Gasteiger partial charge in [-0.25, -0.2) is 0 Å². The van der Waals surface area contributed by atoms with Crippen molar-refractivity contribution in [3.63, 3.8) is 0 Å². The number of rotatable bonds is 3. The number of para-hydroxylation sites is 1. The second kappa shape index (κ2) is 3.94. The highest BCUT2D eigenvalue weighted by Crippen LogP contribution is 2.26. The lowest BCUT2D eigenvalue weighted by atomic mass is 9.97. The van der Waals surface area contributed by atoms with Gasteiger partial charge in [-0.1, -0.05) is 25.1 Å². The quantitative estimate of drug-likeness (QED) is 0.747. The molecule has 0 saturated carbocycles. The molecule has 0 amide bonds. The SMILES string of the molecule is CC(CC(=O)O)c1ccccc1O. The second-order valence-electron chi connectivity index (χ2n) is 3.06. The summed E-state index contributed by atoms with van der Waals surface area (Å²) in [5, 5.41) is 18.0. The summed E-state index contributed by atoms with van der Waals surface area (Å²) in [6.07, 6.45) is 0.0393. The second-order valence-corrected chi connectivity index (χ2v) is 3.06. The van der Waals surface area contributed by atoms with E-state index in [2.05, 4.69) is 0 Å². The molecule has 0 saturated heterocycles. The summed E-state index contributed by atoms with van der Waals surface area (Å²) < 4.78 is 0. The van der Waals surface area contributed by atoms with Crippen molar-refractivity contribution < 1.29 is 15.0 Å². The number of hydrogen-bond donors (Lipinski definition) is 2. The van der Waals surface area contributed by atoms with Crippen LogP contribution in [-0.2, 0) is 4.79 Å². The van der Waals surface area contributed by atoms with Gasteiger partial charge in [0.15, 0.2) is 0 Å². The average molecular weight is 180 g/mol. The molecule has 1 unspecified atom stereocenters. The molecule has 0 radical (unpaired) electrons. The Balaban J connectivity index is 2.82. The zero-order valence-electron chi connectivity index (χ0n) is 7.40. The predicted octanol–water partition coefficient (Wildman–Crippen LogP) is 1.97. The molecule has 70 valence electrons. The van der Waals surface area contributed by atoms with Crippen LogP contribution in [0.25, 0.3) is 0 Å². The first-order chi connectivity index (χ1) is 6.11. The van der Waals surface area contributed by atoms with Gasteiger partial charge in [-0.3, -0.25) is 4.79 Å². The molecule has 1 aromatic carbocycles. The molecule has 0 spiro atoms. The van der Waals surface area contributed by atoms with Gasteiger partial charge in [-0.15, -0.1) is 0 Å². The number of phenolic OH excluding ortho intramolecular Hbond substituents is 1. The van der Waals surface area contributed by atoms with Crippen molar-refractivity contribution in [3.05, 3.63) is 29.8 Å². The summed E-state index contributed by atoms with van der Waals surface area (Å²) in [5.74, 6) is -0.842. The number of carboxylic acids is 1. The van der Waals surface area contributed by atoms with Crippen LogP contribution in [0.5, 0.6) is 5.75 Å². The molecule has 0 aliphatic heterocycles. The van der Waals surface area contributed by atoms with Gasteiger partial charge in [0.25, 0.3) is 0 Å². The molecular formula is C10H12O3. The van der Waals surface area contributed by atoms with E-state index in [4.69, 9.17) is 5.11 Å². The van der Waals surface area contributed by atoms with Gasteiger partial charge in [0.1, 0.15) is 5.75 Å². The maximum absolute atomic E-state index is 10.4. The van der Waals surface area contributed by atoms with E-state index in [0.29, 0.717) is 5.56 Å². The van der Waals surface area contributed by atoms with Crippen molar-refractivity contribution in [1.29, 1.82) is 0 Å². The van der Waals surface area contributed by atoms with E-state index < -0.39 is 5.97 Å². The Hall–Kier alpha value is -1.51. The van der Waals surface area contributed by atoms with Gasteiger partial charge in [0.2, 0.25) is 0 Å². The first-order valence-corrected chi connectivity index (χ1v) is 4.11. The zero-order valence-corrected chi connectivity index (χ0v) is 7.40. The topological polar surface area (TPSA) is 57.5 Å². The minimum Gasteiger partial charge on any atom is -0.508 e. The van der Waals surface area contributed by atoms with Crippen molar-refractivity contribution in [2.24, 2.45) is 0 Å². The summed E-state index contributed by atoms with van der Waals surface area (Å²) >= 11 is 0. The van der Waals surface area contributed by atoms with Crippen LogP contribution in [0, 0.1) is 0 Å². The van der Waals surface area contributed by atoms with E-state index in [-0.39, 0.29) is 18.1 Å². The van der Waals surface area contributed by atoms with Crippen LogP contribution in [0.3, 0.4) is 0 Å². The maximum atomic E-state index is 10.4. The predicted molar refractivity (Wildman–Crippen MR) is 48.8 cm³/mol. The van der Waals surface area contributed by atoms with E-state index >= 15 is 0 Å². The largest absolute Gasteiger partial charge is 0.508 e. The molecule has 0 aliphatic carbocycles. The molecule has 1 atom stereocenters. The standard InChI is InChI=1S/C10H12O3/c1-7(6-10(12)13)8-4-2-3-5-9(8)11/h2-5,7,11H,6H2,1H3,(H,12,13). The summed E-state index contributed by atoms with van der Waals surface area (Å²) in [6, 6.07) is 6.80. The number of carboxylic acid groups (broad SMARTS) is 1. The summed E-state index contributed by atoms with van der Waals surface area (Å²) in [4.78, 5) is 10.4. The molecule has 0 fully saturated rings. The minimum absolute atomic E-state index is 0.0393. The zero-order chi connectivity index (χ0) is 9.84. The van der Waals surface area contributed by atoms with E-state index in [1.807, 2.05) is 0 Å². The minimum atomic E-state index is -0.851. The van der Waals surface area contributed by atoms with Crippen molar-refractivity contribution in [1.82, 2.24) is 0 Å². The highest BCUT2D eigenvalue weighted by molar-refractivity contribution is 5.68. The summed E-state index contributed by atoms with van der Waals surface area (Å²) in [6.45, 7) is 1.78. The van der Waals surface area contributed by atoms with Crippen LogP contribution < -0.4 is 0 Å². The molecule has 0 aliphatic rings. The van der Waals surface area contributed by atoms with Crippen molar-refractivity contribution in [2.45, 2.75) is 19.3 Å². The van der Waals surface area contributed by atoms with Crippen LogP contribution in [-0.4, -0.2) is 16.2 Å². The normalized spacial score (nSPS) is 12.4. The van der Waals surface area contributed by atoms with Crippen LogP contribution in [0.1, 0.15) is 24.8 Å². The number of aromatic hydroxyl groups is 1. The van der Waals surface area contributed by atoms with Gasteiger partial charge >= 0.3 is 5.97 Å². The number of aliphatic carboxylic acids is 1. The Kier molecular flexibility index (Phi) is 2.90. The molecule has 2 N–H and O–H groups in total. The fourth-order valence-electron chi connectivity index (χ4n) is 1.28. The fourth-order valence-corrected chi connectivity index (χ4v) is 1.28. The number of benzene rings is 1. The smallest absolute Gasteiger partial charge is 0.303 e. The third-order valence-corrected chi connectivity index (χ3v) is 1.95. The van der Waals surface area contributed by atoms with E-state index in [1.165, 1.54) is 0 Å². The number of phenols is 1. The summed E-state index contributed by atoms with van der Waals surface area (Å²) in [5.41, 5.74) is 0.685. The van der Waals surface area contributed by atoms with Gasteiger partial charge < -0.3 is 10.2 Å². The van der Waals surface area contributed by atoms with Crippen LogP contribution in [0.15, 0.2) is 24.3 Å². The highest BCUT2D eigenvalue weighted by Gasteiger charge is 2.12. The van der Waals surface area contributed by atoms with E-state index in [9.17, 15) is 9.90 Å². The molecule has 13 heavy (non-hydrogen) atoms. The maximum Gasteiger partial charge on any atom is 0.303 e. The first kappa shape index (κ1) is 9.58. The lowest BCUT2D eigenvalue weighted by molar-refractivity contribution is -0.137. The molecule has 1 rings (SSSR count). The average Bonchev–Trinajstić information content (AvgIpc) is 2.03. The van der Waals surface area contributed by atoms with Gasteiger partial charge in [0, 0.05) is 0 Å². The first-order valence-electron chi connectivity index (χ1n) is 4.11. The monoisotopic (exact) mass is 180 g/mol. The molecular weight excluding hydrogens is 168 g/mol. The van der Waals surface area contributed by atoms with Crippen molar-refractivity contribution in [3.8, 4) is 5.75 Å². The number of carbonyl (C=O) groups is 1. The Labute approximate surface area is 76.6 Å². The lowest BCUT2D eigenvalue weighted by Crippen LogP contribution is -2.02. The summed E-state index contributed by atoms with van der Waals surface area (Å²) in [7, 11) is 0. The lowest BCUT2D eigenvalue weighted by Gasteiger charge is -2.10. The Morgan fingerprint density at radius 3 is 2.62 bits per heavy atom. The van der Waals surface area contributed by atoms with E-state index in [0.717, 1.165) is 0 Å². The Morgan fingerprint density at radius 1 is 1.46 bits per heavy atom. The van der Waals surface area contributed by atoms with Crippen LogP contribution in [0.2, 0.25) is 0 Å². The van der Waals surface area contributed by atoms with Crippen molar-refractivity contribution in [2.75, 3.05) is 0 Å². The Morgan fingerprint density at radius 2 is 2.08 bits per heavy atom. The molecule has 3 nitrogen and oxygen atoms in total. The third kappa shape index (κ3) is 2.47. The molecule has 1 aromatic rings. The fraction of sp³-hybridized carbons (Fsp3) is 0.300. The van der Waals surface area contributed by atoms with Crippen LogP contribution >= 0.6 is 0 Å². The highest BCUT2D eigenvalue weighted by atomic mass is 16.4. The van der Waals surface area contributed by atoms with Gasteiger partial charge in [0.05, 0.1) is 6.42 Å². The molecule has 0 aromatic heterocycles. The van der Waals surface area contributed by atoms with Gasteiger partial charge in [-0.2, -0.15) is 0 Å². The van der Waals surface area contributed by atoms with Gasteiger partial charge in [-0.05, 0) is 17.5 Å². The molecule has 3 heteroatoms.